The molecule has 0 aromatic heterocycles. The van der Waals surface area contributed by atoms with Gasteiger partial charge in [-0.2, -0.15) is 0 Å². The number of carbonyl (C=O) groups excluding carboxylic acids is 2. The third kappa shape index (κ3) is 2.04. The monoisotopic (exact) mass is 222 g/mol. The maximum atomic E-state index is 11.9. The summed E-state index contributed by atoms with van der Waals surface area (Å²) in [6.07, 6.45) is -0.623. The number of Topliss-reactive ketones (excluding diaryl/α,β-unsaturated/α-hetero) is 1. The third-order valence-electron chi connectivity index (χ3n) is 2.14. The van der Waals surface area contributed by atoms with E-state index in [4.69, 9.17) is 4.74 Å². The van der Waals surface area contributed by atoms with Crippen LogP contribution >= 0.6 is 11.8 Å². The standard InChI is InChI=1S/C11H10O3S/c1-7(12)14-9-6-15-10-5-3-2-4-8(10)11(9)13/h2-5,9H,6H2,1H3/t9-/m0/s1. The van der Waals surface area contributed by atoms with Crippen LogP contribution in [0.5, 0.6) is 0 Å². The zero-order valence-electron chi connectivity index (χ0n) is 8.23. The van der Waals surface area contributed by atoms with Crippen molar-refractivity contribution in [1.82, 2.24) is 0 Å². The lowest BCUT2D eigenvalue weighted by Crippen LogP contribution is -2.32. The molecular weight excluding hydrogens is 212 g/mol. The molecule has 0 saturated heterocycles. The van der Waals surface area contributed by atoms with Gasteiger partial charge in [0, 0.05) is 23.1 Å². The van der Waals surface area contributed by atoms with Crippen LogP contribution in [0.15, 0.2) is 29.2 Å². The molecule has 0 aliphatic carbocycles. The Labute approximate surface area is 91.8 Å². The van der Waals surface area contributed by atoms with Crippen LogP contribution in [0, 0.1) is 0 Å². The Balaban J connectivity index is 2.26. The Morgan fingerprint density at radius 2 is 2.20 bits per heavy atom. The van der Waals surface area contributed by atoms with Crippen molar-refractivity contribution >= 4 is 23.5 Å². The fraction of sp³-hybridized carbons (Fsp3) is 0.273. The number of esters is 1. The van der Waals surface area contributed by atoms with Crippen molar-refractivity contribution in [2.75, 3.05) is 5.75 Å². The minimum absolute atomic E-state index is 0.0976. The summed E-state index contributed by atoms with van der Waals surface area (Å²) in [7, 11) is 0. The Bertz CT molecular complexity index is 414. The van der Waals surface area contributed by atoms with Gasteiger partial charge in [-0.3, -0.25) is 9.59 Å². The molecule has 1 aliphatic heterocycles. The third-order valence-corrected chi connectivity index (χ3v) is 3.28. The molecule has 0 N–H and O–H groups in total. The van der Waals surface area contributed by atoms with Crippen LogP contribution < -0.4 is 0 Å². The highest BCUT2D eigenvalue weighted by Gasteiger charge is 2.29. The van der Waals surface area contributed by atoms with Gasteiger partial charge in [0.15, 0.2) is 6.10 Å². The number of ether oxygens (including phenoxy) is 1. The van der Waals surface area contributed by atoms with Gasteiger partial charge in [-0.15, -0.1) is 11.8 Å². The van der Waals surface area contributed by atoms with E-state index in [9.17, 15) is 9.59 Å². The van der Waals surface area contributed by atoms with Crippen LogP contribution in [0.25, 0.3) is 0 Å². The topological polar surface area (TPSA) is 43.4 Å². The molecule has 1 aromatic carbocycles. The molecule has 1 aliphatic rings. The lowest BCUT2D eigenvalue weighted by atomic mass is 10.1. The molecule has 1 atom stereocenters. The number of hydrogen-bond acceptors (Lipinski definition) is 4. The average Bonchev–Trinajstić information content (AvgIpc) is 2.22. The van der Waals surface area contributed by atoms with Gasteiger partial charge in [-0.05, 0) is 6.07 Å². The molecule has 1 aromatic rings. The minimum atomic E-state index is -0.623. The largest absolute Gasteiger partial charge is 0.453 e. The molecule has 0 radical (unpaired) electrons. The predicted octanol–water partition coefficient (Wildman–Crippen LogP) is 1.91. The molecule has 0 fully saturated rings. The zero-order valence-corrected chi connectivity index (χ0v) is 9.04. The quantitative estimate of drug-likeness (QED) is 0.681. The molecule has 15 heavy (non-hydrogen) atoms. The second kappa shape index (κ2) is 4.06. The van der Waals surface area contributed by atoms with Crippen LogP contribution in [0.4, 0.5) is 0 Å². The minimum Gasteiger partial charge on any atom is -0.453 e. The first-order valence-corrected chi connectivity index (χ1v) is 5.60. The van der Waals surface area contributed by atoms with E-state index in [2.05, 4.69) is 0 Å². The number of carbonyl (C=O) groups is 2. The summed E-state index contributed by atoms with van der Waals surface area (Å²) >= 11 is 1.54. The first-order valence-electron chi connectivity index (χ1n) is 4.62. The van der Waals surface area contributed by atoms with E-state index in [-0.39, 0.29) is 5.78 Å². The van der Waals surface area contributed by atoms with Gasteiger partial charge in [0.2, 0.25) is 5.78 Å². The Morgan fingerprint density at radius 1 is 1.47 bits per heavy atom. The van der Waals surface area contributed by atoms with Crippen molar-refractivity contribution in [2.45, 2.75) is 17.9 Å². The molecule has 0 saturated carbocycles. The summed E-state index contributed by atoms with van der Waals surface area (Å²) in [5.41, 5.74) is 0.653. The fourth-order valence-corrected chi connectivity index (χ4v) is 2.55. The number of ketones is 1. The molecule has 0 amide bonds. The van der Waals surface area contributed by atoms with E-state index in [1.807, 2.05) is 18.2 Å². The molecule has 3 nitrogen and oxygen atoms in total. The maximum Gasteiger partial charge on any atom is 0.303 e. The van der Waals surface area contributed by atoms with Crippen LogP contribution in [0.1, 0.15) is 17.3 Å². The Kier molecular flexibility index (Phi) is 2.77. The van der Waals surface area contributed by atoms with E-state index in [0.717, 1.165) is 4.90 Å². The van der Waals surface area contributed by atoms with Crippen LogP contribution in [-0.2, 0) is 9.53 Å². The summed E-state index contributed by atoms with van der Waals surface area (Å²) < 4.78 is 4.95. The molecule has 0 spiro atoms. The Hall–Kier alpha value is -1.29. The second-order valence-corrected chi connectivity index (χ2v) is 4.33. The predicted molar refractivity (Wildman–Crippen MR) is 57.1 cm³/mol. The maximum absolute atomic E-state index is 11.9. The van der Waals surface area contributed by atoms with Crippen LogP contribution in [-0.4, -0.2) is 23.6 Å². The van der Waals surface area contributed by atoms with Crippen LogP contribution in [0.2, 0.25) is 0 Å². The van der Waals surface area contributed by atoms with Crippen molar-refractivity contribution in [3.8, 4) is 0 Å². The number of hydrogen-bond donors (Lipinski definition) is 0. The van der Waals surface area contributed by atoms with Gasteiger partial charge in [-0.25, -0.2) is 0 Å². The van der Waals surface area contributed by atoms with Gasteiger partial charge in [0.1, 0.15) is 0 Å². The van der Waals surface area contributed by atoms with E-state index in [1.165, 1.54) is 6.92 Å². The second-order valence-electron chi connectivity index (χ2n) is 3.27. The SMILES string of the molecule is CC(=O)O[C@H]1CSc2ccccc2C1=O. The number of thioether (sulfide) groups is 1. The highest BCUT2D eigenvalue weighted by atomic mass is 32.2. The molecular formula is C11H10O3S. The van der Waals surface area contributed by atoms with Gasteiger partial charge >= 0.3 is 5.97 Å². The van der Waals surface area contributed by atoms with E-state index in [1.54, 1.807) is 17.8 Å². The smallest absolute Gasteiger partial charge is 0.303 e. The molecule has 1 heterocycles. The fourth-order valence-electron chi connectivity index (χ4n) is 1.50. The highest BCUT2D eigenvalue weighted by Crippen LogP contribution is 2.30. The average molecular weight is 222 g/mol. The molecule has 2 rings (SSSR count). The van der Waals surface area contributed by atoms with Crippen LogP contribution in [0.3, 0.4) is 0 Å². The van der Waals surface area contributed by atoms with Crippen molar-refractivity contribution in [1.29, 1.82) is 0 Å². The summed E-state index contributed by atoms with van der Waals surface area (Å²) in [5, 5.41) is 0. The van der Waals surface area contributed by atoms with E-state index in [0.29, 0.717) is 11.3 Å². The van der Waals surface area contributed by atoms with E-state index < -0.39 is 12.1 Å². The first kappa shape index (κ1) is 10.2. The summed E-state index contributed by atoms with van der Waals surface area (Å²) in [4.78, 5) is 23.6. The molecule has 4 heteroatoms. The van der Waals surface area contributed by atoms with Gasteiger partial charge < -0.3 is 4.74 Å². The molecule has 0 unspecified atom stereocenters. The highest BCUT2D eigenvalue weighted by molar-refractivity contribution is 7.99. The Morgan fingerprint density at radius 3 is 2.93 bits per heavy atom. The van der Waals surface area contributed by atoms with Gasteiger partial charge in [0.25, 0.3) is 0 Å². The number of fused-ring (bicyclic) bond motifs is 1. The number of rotatable bonds is 1. The van der Waals surface area contributed by atoms with Crippen molar-refractivity contribution in [3.05, 3.63) is 29.8 Å². The van der Waals surface area contributed by atoms with Gasteiger partial charge in [0.05, 0.1) is 0 Å². The lowest BCUT2D eigenvalue weighted by Gasteiger charge is -2.21. The summed E-state index contributed by atoms with van der Waals surface area (Å²) in [6, 6.07) is 7.38. The summed E-state index contributed by atoms with van der Waals surface area (Å²) in [5.74, 6) is 0.00276. The van der Waals surface area contributed by atoms with Crippen molar-refractivity contribution in [2.24, 2.45) is 0 Å². The lowest BCUT2D eigenvalue weighted by molar-refractivity contribution is -0.143. The summed E-state index contributed by atoms with van der Waals surface area (Å²) in [6.45, 7) is 1.32. The first-order chi connectivity index (χ1) is 7.18. The normalized spacial score (nSPS) is 19.5. The van der Waals surface area contributed by atoms with Crippen molar-refractivity contribution in [3.63, 3.8) is 0 Å². The number of benzene rings is 1. The molecule has 0 bridgehead atoms. The van der Waals surface area contributed by atoms with E-state index >= 15 is 0 Å². The van der Waals surface area contributed by atoms with Crippen molar-refractivity contribution < 1.29 is 14.3 Å². The molecule has 78 valence electrons. The zero-order chi connectivity index (χ0) is 10.8. The van der Waals surface area contributed by atoms with Gasteiger partial charge in [-0.1, -0.05) is 18.2 Å².